The zero-order valence-corrected chi connectivity index (χ0v) is 14.9. The van der Waals surface area contributed by atoms with Crippen molar-refractivity contribution in [3.63, 3.8) is 0 Å². The van der Waals surface area contributed by atoms with E-state index < -0.39 is 5.82 Å². The van der Waals surface area contributed by atoms with Gasteiger partial charge in [-0.15, -0.1) is 0 Å². The van der Waals surface area contributed by atoms with Crippen LogP contribution in [0.4, 0.5) is 4.39 Å². The fourth-order valence-electron chi connectivity index (χ4n) is 2.55. The lowest BCUT2D eigenvalue weighted by molar-refractivity contribution is 0.0776. The Hall–Kier alpha value is -2.44. The van der Waals surface area contributed by atoms with Gasteiger partial charge in [0.1, 0.15) is 11.5 Å². The molecule has 2 aromatic carbocycles. The van der Waals surface area contributed by atoms with E-state index in [-0.39, 0.29) is 23.0 Å². The molecule has 0 unspecified atom stereocenters. The van der Waals surface area contributed by atoms with E-state index in [0.29, 0.717) is 10.5 Å². The van der Waals surface area contributed by atoms with Gasteiger partial charge in [0, 0.05) is 29.5 Å². The van der Waals surface area contributed by atoms with Crippen molar-refractivity contribution in [1.82, 2.24) is 14.5 Å². The Balaban J connectivity index is 1.93. The van der Waals surface area contributed by atoms with Crippen molar-refractivity contribution in [3.05, 3.63) is 81.6 Å². The molecule has 25 heavy (non-hydrogen) atoms. The maximum Gasteiger partial charge on any atom is 0.272 e. The molecule has 1 aromatic heterocycles. The number of carbonyl (C=O) groups excluding carboxylic acids is 1. The monoisotopic (exact) mass is 375 g/mol. The minimum Gasteiger partial charge on any atom is -0.336 e. The Morgan fingerprint density at radius 1 is 1.24 bits per heavy atom. The molecular formula is C18H15ClFN3OS. The molecule has 0 spiro atoms. The van der Waals surface area contributed by atoms with E-state index in [1.165, 1.54) is 17.0 Å². The van der Waals surface area contributed by atoms with E-state index in [9.17, 15) is 9.18 Å². The molecule has 1 heterocycles. The van der Waals surface area contributed by atoms with Crippen LogP contribution in [0.1, 0.15) is 16.1 Å². The summed E-state index contributed by atoms with van der Waals surface area (Å²) in [6, 6.07) is 13.8. The maximum atomic E-state index is 14.0. The molecule has 0 bridgehead atoms. The number of nitrogens with zero attached hydrogens (tertiary/aromatic N) is 2. The van der Waals surface area contributed by atoms with Gasteiger partial charge < -0.3 is 9.88 Å². The average molecular weight is 376 g/mol. The number of halogens is 2. The van der Waals surface area contributed by atoms with Gasteiger partial charge in [-0.2, -0.15) is 0 Å². The van der Waals surface area contributed by atoms with Crippen LogP contribution in [0, 0.1) is 10.6 Å². The fourth-order valence-corrected chi connectivity index (χ4v) is 3.03. The molecule has 0 aliphatic rings. The zero-order valence-electron chi connectivity index (χ0n) is 13.4. The average Bonchev–Trinajstić information content (AvgIpc) is 2.99. The highest BCUT2D eigenvalue weighted by Crippen LogP contribution is 2.21. The summed E-state index contributed by atoms with van der Waals surface area (Å²) in [6.45, 7) is 0.0527. The molecular weight excluding hydrogens is 361 g/mol. The lowest BCUT2D eigenvalue weighted by atomic mass is 10.2. The highest BCUT2D eigenvalue weighted by molar-refractivity contribution is 7.71. The van der Waals surface area contributed by atoms with Crippen LogP contribution >= 0.6 is 23.8 Å². The van der Waals surface area contributed by atoms with Gasteiger partial charge in [-0.3, -0.25) is 9.36 Å². The number of para-hydroxylation sites is 1. The summed E-state index contributed by atoms with van der Waals surface area (Å²) >= 11 is 11.3. The van der Waals surface area contributed by atoms with Gasteiger partial charge >= 0.3 is 0 Å². The largest absolute Gasteiger partial charge is 0.336 e. The number of hydrogen-bond acceptors (Lipinski definition) is 2. The quantitative estimate of drug-likeness (QED) is 0.677. The first-order valence-corrected chi connectivity index (χ1v) is 8.32. The highest BCUT2D eigenvalue weighted by Gasteiger charge is 2.20. The molecule has 3 aromatic rings. The standard InChI is InChI=1S/C18H15ClFN3OS/c1-22(11-13-14(19)8-5-9-15(13)20)17(24)16-10-21-18(25)23(16)12-6-3-2-4-7-12/h2-10H,11H2,1H3,(H,21,25). The number of imidazole rings is 1. The van der Waals surface area contributed by atoms with Crippen molar-refractivity contribution >= 4 is 29.7 Å². The molecule has 7 heteroatoms. The molecule has 0 radical (unpaired) electrons. The van der Waals surface area contributed by atoms with E-state index >= 15 is 0 Å². The van der Waals surface area contributed by atoms with Crippen molar-refractivity contribution < 1.29 is 9.18 Å². The van der Waals surface area contributed by atoms with Crippen LogP contribution in [0.3, 0.4) is 0 Å². The molecule has 0 atom stereocenters. The second-order valence-electron chi connectivity index (χ2n) is 5.51. The van der Waals surface area contributed by atoms with E-state index in [0.717, 1.165) is 5.69 Å². The van der Waals surface area contributed by atoms with Gasteiger partial charge in [-0.25, -0.2) is 4.39 Å². The summed E-state index contributed by atoms with van der Waals surface area (Å²) in [6.07, 6.45) is 1.55. The maximum absolute atomic E-state index is 14.0. The molecule has 1 amide bonds. The number of aromatic nitrogens is 2. The van der Waals surface area contributed by atoms with Crippen LogP contribution in [-0.4, -0.2) is 27.4 Å². The van der Waals surface area contributed by atoms with Crippen LogP contribution in [0.2, 0.25) is 5.02 Å². The first-order valence-electron chi connectivity index (χ1n) is 7.53. The molecule has 3 rings (SSSR count). The van der Waals surface area contributed by atoms with Crippen molar-refractivity contribution in [3.8, 4) is 5.69 Å². The second kappa shape index (κ2) is 7.21. The van der Waals surface area contributed by atoms with Crippen LogP contribution in [0.15, 0.2) is 54.7 Å². The number of nitrogens with one attached hydrogen (secondary N) is 1. The first kappa shape index (κ1) is 17.4. The molecule has 0 aliphatic carbocycles. The number of benzene rings is 2. The molecule has 0 saturated heterocycles. The highest BCUT2D eigenvalue weighted by atomic mass is 35.5. The van der Waals surface area contributed by atoms with E-state index in [2.05, 4.69) is 4.98 Å². The van der Waals surface area contributed by atoms with Gasteiger partial charge in [0.2, 0.25) is 0 Å². The van der Waals surface area contributed by atoms with Gasteiger partial charge in [-0.1, -0.05) is 35.9 Å². The summed E-state index contributed by atoms with van der Waals surface area (Å²) in [5, 5.41) is 0.286. The number of hydrogen-bond donors (Lipinski definition) is 1. The number of carbonyl (C=O) groups is 1. The lowest BCUT2D eigenvalue weighted by Crippen LogP contribution is -2.28. The van der Waals surface area contributed by atoms with Crippen molar-refractivity contribution in [2.24, 2.45) is 0 Å². The number of rotatable bonds is 4. The third-order valence-electron chi connectivity index (χ3n) is 3.81. The molecule has 0 aliphatic heterocycles. The topological polar surface area (TPSA) is 41.0 Å². The van der Waals surface area contributed by atoms with Crippen LogP contribution in [0.25, 0.3) is 5.69 Å². The summed E-state index contributed by atoms with van der Waals surface area (Å²) in [4.78, 5) is 17.1. The van der Waals surface area contributed by atoms with Crippen molar-refractivity contribution in [2.45, 2.75) is 6.54 Å². The number of H-pyrrole nitrogens is 1. The molecule has 0 saturated carbocycles. The van der Waals surface area contributed by atoms with Gasteiger partial charge in [0.05, 0.1) is 6.54 Å². The summed E-state index contributed by atoms with van der Waals surface area (Å²) in [5.41, 5.74) is 1.42. The Bertz CT molecular complexity index is 948. The van der Waals surface area contributed by atoms with E-state index in [1.54, 1.807) is 23.9 Å². The van der Waals surface area contributed by atoms with E-state index in [1.807, 2.05) is 30.3 Å². The zero-order chi connectivity index (χ0) is 18.0. The predicted molar refractivity (Wildman–Crippen MR) is 98.2 cm³/mol. The minimum absolute atomic E-state index is 0.0527. The van der Waals surface area contributed by atoms with Crippen LogP contribution < -0.4 is 0 Å². The first-order chi connectivity index (χ1) is 12.0. The molecule has 4 nitrogen and oxygen atoms in total. The predicted octanol–water partition coefficient (Wildman–Crippen LogP) is 4.60. The van der Waals surface area contributed by atoms with Crippen molar-refractivity contribution in [2.75, 3.05) is 7.05 Å². The second-order valence-corrected chi connectivity index (χ2v) is 6.31. The Morgan fingerprint density at radius 3 is 2.64 bits per heavy atom. The van der Waals surface area contributed by atoms with Gasteiger partial charge in [0.25, 0.3) is 5.91 Å². The van der Waals surface area contributed by atoms with Crippen molar-refractivity contribution in [1.29, 1.82) is 0 Å². The molecule has 1 N–H and O–H groups in total. The SMILES string of the molecule is CN(Cc1c(F)cccc1Cl)C(=O)c1c[nH]c(=S)n1-c1ccccc1. The lowest BCUT2D eigenvalue weighted by Gasteiger charge is -2.19. The normalized spacial score (nSPS) is 10.7. The van der Waals surface area contributed by atoms with E-state index in [4.69, 9.17) is 23.8 Å². The Morgan fingerprint density at radius 2 is 1.96 bits per heavy atom. The minimum atomic E-state index is -0.443. The molecule has 128 valence electrons. The third kappa shape index (κ3) is 3.50. The number of aromatic amines is 1. The van der Waals surface area contributed by atoms with Crippen LogP contribution in [0.5, 0.6) is 0 Å². The molecule has 0 fully saturated rings. The summed E-state index contributed by atoms with van der Waals surface area (Å²) in [5.74, 6) is -0.739. The van der Waals surface area contributed by atoms with Gasteiger partial charge in [-0.05, 0) is 36.5 Å². The summed E-state index contributed by atoms with van der Waals surface area (Å²) < 4.78 is 16.0. The smallest absolute Gasteiger partial charge is 0.272 e. The number of amides is 1. The fraction of sp³-hybridized carbons (Fsp3) is 0.111. The summed E-state index contributed by atoms with van der Waals surface area (Å²) in [7, 11) is 1.59. The third-order valence-corrected chi connectivity index (χ3v) is 4.47. The van der Waals surface area contributed by atoms with Gasteiger partial charge in [0.15, 0.2) is 4.77 Å². The Labute approximate surface area is 154 Å². The van der Waals surface area contributed by atoms with Crippen LogP contribution in [-0.2, 0) is 6.54 Å². The Kier molecular flexibility index (Phi) is 5.01.